The van der Waals surface area contributed by atoms with E-state index in [1.165, 1.54) is 12.8 Å². The van der Waals surface area contributed by atoms with Crippen LogP contribution in [0.25, 0.3) is 0 Å². The highest BCUT2D eigenvalue weighted by molar-refractivity contribution is 5.74. The fourth-order valence-corrected chi connectivity index (χ4v) is 2.19. The zero-order valence-corrected chi connectivity index (χ0v) is 11.9. The van der Waals surface area contributed by atoms with Gasteiger partial charge < -0.3 is 14.7 Å². The lowest BCUT2D eigenvalue weighted by molar-refractivity contribution is -0.150. The molecule has 0 atom stereocenters. The second kappa shape index (κ2) is 7.10. The van der Waals surface area contributed by atoms with E-state index in [1.807, 2.05) is 20.9 Å². The molecular formula is C14H27NO3. The van der Waals surface area contributed by atoms with E-state index in [0.29, 0.717) is 26.0 Å². The first-order valence-corrected chi connectivity index (χ1v) is 7.03. The van der Waals surface area contributed by atoms with Crippen molar-refractivity contribution >= 4 is 5.97 Å². The largest absolute Gasteiger partial charge is 0.481 e. The van der Waals surface area contributed by atoms with Crippen LogP contribution in [0.15, 0.2) is 0 Å². The minimum atomic E-state index is -0.682. The SMILES string of the molecule is CCC(CC)(CN(C)CCOCC1CC1)C(=O)O. The van der Waals surface area contributed by atoms with Crippen LogP contribution in [0.1, 0.15) is 39.5 Å². The van der Waals surface area contributed by atoms with Gasteiger partial charge >= 0.3 is 5.97 Å². The van der Waals surface area contributed by atoms with Crippen molar-refractivity contribution in [3.8, 4) is 0 Å². The van der Waals surface area contributed by atoms with Crippen LogP contribution in [0.2, 0.25) is 0 Å². The van der Waals surface area contributed by atoms with E-state index < -0.39 is 11.4 Å². The molecule has 0 unspecified atom stereocenters. The minimum absolute atomic E-state index is 0.599. The number of likely N-dealkylation sites (N-methyl/N-ethyl adjacent to an activating group) is 1. The average molecular weight is 257 g/mol. The van der Waals surface area contributed by atoms with Crippen molar-refractivity contribution in [1.29, 1.82) is 0 Å². The molecule has 0 spiro atoms. The Labute approximate surface area is 110 Å². The second-order valence-corrected chi connectivity index (χ2v) is 5.55. The van der Waals surface area contributed by atoms with Gasteiger partial charge in [-0.05, 0) is 38.6 Å². The van der Waals surface area contributed by atoms with Crippen LogP contribution in [0.5, 0.6) is 0 Å². The molecule has 0 aromatic heterocycles. The Kier molecular flexibility index (Phi) is 6.09. The summed E-state index contributed by atoms with van der Waals surface area (Å²) in [6, 6.07) is 0. The first kappa shape index (κ1) is 15.4. The van der Waals surface area contributed by atoms with Gasteiger partial charge in [0.05, 0.1) is 12.0 Å². The molecule has 0 aliphatic heterocycles. The zero-order valence-electron chi connectivity index (χ0n) is 11.9. The zero-order chi connectivity index (χ0) is 13.6. The fourth-order valence-electron chi connectivity index (χ4n) is 2.19. The van der Waals surface area contributed by atoms with Crippen molar-refractivity contribution in [2.75, 3.05) is 33.4 Å². The smallest absolute Gasteiger partial charge is 0.310 e. The lowest BCUT2D eigenvalue weighted by Crippen LogP contribution is -2.42. The summed E-state index contributed by atoms with van der Waals surface area (Å²) in [6.07, 6.45) is 3.96. The molecule has 0 amide bonds. The number of nitrogens with zero attached hydrogens (tertiary/aromatic N) is 1. The van der Waals surface area contributed by atoms with E-state index in [0.717, 1.165) is 19.1 Å². The maximum absolute atomic E-state index is 11.4. The molecule has 1 aliphatic carbocycles. The summed E-state index contributed by atoms with van der Waals surface area (Å²) in [6.45, 7) is 6.89. The van der Waals surface area contributed by atoms with Crippen molar-refractivity contribution in [2.45, 2.75) is 39.5 Å². The predicted molar refractivity (Wildman–Crippen MR) is 71.7 cm³/mol. The van der Waals surface area contributed by atoms with Gasteiger partial charge in [0.2, 0.25) is 0 Å². The van der Waals surface area contributed by atoms with Gasteiger partial charge in [-0.2, -0.15) is 0 Å². The molecule has 1 aliphatic rings. The maximum atomic E-state index is 11.4. The van der Waals surface area contributed by atoms with Crippen molar-refractivity contribution < 1.29 is 14.6 Å². The summed E-state index contributed by atoms with van der Waals surface area (Å²) < 4.78 is 5.58. The van der Waals surface area contributed by atoms with Gasteiger partial charge in [-0.1, -0.05) is 13.8 Å². The highest BCUT2D eigenvalue weighted by Crippen LogP contribution is 2.29. The molecule has 0 aromatic rings. The lowest BCUT2D eigenvalue weighted by atomic mass is 9.82. The Balaban J connectivity index is 2.26. The number of ether oxygens (including phenoxy) is 1. The molecule has 4 heteroatoms. The van der Waals surface area contributed by atoms with Crippen molar-refractivity contribution in [1.82, 2.24) is 4.90 Å². The molecule has 1 N–H and O–H groups in total. The van der Waals surface area contributed by atoms with E-state index in [2.05, 4.69) is 4.90 Å². The number of carbonyl (C=O) groups is 1. The van der Waals surface area contributed by atoms with Crippen LogP contribution in [0.4, 0.5) is 0 Å². The van der Waals surface area contributed by atoms with Gasteiger partial charge in [-0.15, -0.1) is 0 Å². The summed E-state index contributed by atoms with van der Waals surface area (Å²) in [4.78, 5) is 13.5. The highest BCUT2D eigenvalue weighted by Gasteiger charge is 2.35. The molecule has 1 fully saturated rings. The van der Waals surface area contributed by atoms with E-state index in [1.54, 1.807) is 0 Å². The number of hydrogen-bond acceptors (Lipinski definition) is 3. The van der Waals surface area contributed by atoms with Crippen LogP contribution in [0, 0.1) is 11.3 Å². The summed E-state index contributed by atoms with van der Waals surface area (Å²) >= 11 is 0. The number of aliphatic carboxylic acids is 1. The highest BCUT2D eigenvalue weighted by atomic mass is 16.5. The quantitative estimate of drug-likeness (QED) is 0.610. The summed E-state index contributed by atoms with van der Waals surface area (Å²) in [5, 5.41) is 9.37. The molecule has 0 radical (unpaired) electrons. The number of hydrogen-bond donors (Lipinski definition) is 1. The predicted octanol–water partition coefficient (Wildman–Crippen LogP) is 2.24. The molecule has 18 heavy (non-hydrogen) atoms. The van der Waals surface area contributed by atoms with Crippen LogP contribution in [-0.4, -0.2) is 49.3 Å². The van der Waals surface area contributed by atoms with Gasteiger partial charge in [0.15, 0.2) is 0 Å². The molecule has 106 valence electrons. The monoisotopic (exact) mass is 257 g/mol. The topological polar surface area (TPSA) is 49.8 Å². The maximum Gasteiger partial charge on any atom is 0.310 e. The van der Waals surface area contributed by atoms with E-state index in [4.69, 9.17) is 4.74 Å². The van der Waals surface area contributed by atoms with Crippen molar-refractivity contribution in [3.05, 3.63) is 0 Å². The van der Waals surface area contributed by atoms with E-state index >= 15 is 0 Å². The van der Waals surface area contributed by atoms with Crippen LogP contribution >= 0.6 is 0 Å². The molecule has 1 rings (SSSR count). The molecule has 0 saturated heterocycles. The van der Waals surface area contributed by atoms with E-state index in [-0.39, 0.29) is 0 Å². The van der Waals surface area contributed by atoms with Gasteiger partial charge in [-0.25, -0.2) is 0 Å². The van der Waals surface area contributed by atoms with Gasteiger partial charge in [0.25, 0.3) is 0 Å². The van der Waals surface area contributed by atoms with Gasteiger partial charge in [0, 0.05) is 19.7 Å². The molecule has 0 bridgehead atoms. The minimum Gasteiger partial charge on any atom is -0.481 e. The third kappa shape index (κ3) is 4.58. The van der Waals surface area contributed by atoms with Crippen LogP contribution in [0.3, 0.4) is 0 Å². The second-order valence-electron chi connectivity index (χ2n) is 5.55. The first-order chi connectivity index (χ1) is 8.54. The molecule has 4 nitrogen and oxygen atoms in total. The summed E-state index contributed by atoms with van der Waals surface area (Å²) in [7, 11) is 1.98. The number of carboxylic acids is 1. The Morgan fingerprint density at radius 1 is 1.39 bits per heavy atom. The lowest BCUT2D eigenvalue weighted by Gasteiger charge is -2.31. The van der Waals surface area contributed by atoms with Crippen LogP contribution in [-0.2, 0) is 9.53 Å². The standard InChI is InChI=1S/C14H27NO3/c1-4-14(5-2,13(16)17)11-15(3)8-9-18-10-12-6-7-12/h12H,4-11H2,1-3H3,(H,16,17). The third-order valence-electron chi connectivity index (χ3n) is 4.05. The Hall–Kier alpha value is -0.610. The normalized spacial score (nSPS) is 16.2. The summed E-state index contributed by atoms with van der Waals surface area (Å²) in [5.41, 5.74) is -0.606. The number of rotatable bonds is 10. The van der Waals surface area contributed by atoms with Crippen molar-refractivity contribution in [2.24, 2.45) is 11.3 Å². The first-order valence-electron chi connectivity index (χ1n) is 7.03. The molecule has 0 heterocycles. The Morgan fingerprint density at radius 2 is 2.00 bits per heavy atom. The fraction of sp³-hybridized carbons (Fsp3) is 0.929. The van der Waals surface area contributed by atoms with Crippen molar-refractivity contribution in [3.63, 3.8) is 0 Å². The molecule has 1 saturated carbocycles. The molecular weight excluding hydrogens is 230 g/mol. The molecule has 0 aromatic carbocycles. The third-order valence-corrected chi connectivity index (χ3v) is 4.05. The average Bonchev–Trinajstić information content (AvgIpc) is 3.15. The van der Waals surface area contributed by atoms with E-state index in [9.17, 15) is 9.90 Å². The van der Waals surface area contributed by atoms with Gasteiger partial charge in [0.1, 0.15) is 0 Å². The Bertz CT molecular complexity index is 260. The number of carboxylic acid groups (broad SMARTS) is 1. The van der Waals surface area contributed by atoms with Gasteiger partial charge in [-0.3, -0.25) is 4.79 Å². The summed E-state index contributed by atoms with van der Waals surface area (Å²) in [5.74, 6) is 0.109. The Morgan fingerprint density at radius 3 is 2.44 bits per heavy atom. The van der Waals surface area contributed by atoms with Crippen LogP contribution < -0.4 is 0 Å².